The van der Waals surface area contributed by atoms with Crippen LogP contribution in [-0.4, -0.2) is 23.0 Å². The normalized spacial score (nSPS) is 17.8. The molecule has 1 unspecified atom stereocenters. The molecule has 1 saturated carbocycles. The molecule has 0 spiro atoms. The molecule has 2 rings (SSSR count). The van der Waals surface area contributed by atoms with Crippen molar-refractivity contribution in [2.45, 2.75) is 32.8 Å². The molecule has 1 aliphatic rings. The molecule has 1 aromatic rings. The fourth-order valence-corrected chi connectivity index (χ4v) is 2.23. The molecule has 1 aromatic heterocycles. The first-order chi connectivity index (χ1) is 7.70. The van der Waals surface area contributed by atoms with E-state index >= 15 is 0 Å². The third kappa shape index (κ3) is 2.92. The maximum Gasteiger partial charge on any atom is 0.202 e. The van der Waals surface area contributed by atoms with Crippen LogP contribution in [0.4, 0.5) is 5.13 Å². The van der Waals surface area contributed by atoms with Gasteiger partial charge in [0.2, 0.25) is 5.13 Å². The van der Waals surface area contributed by atoms with Crippen LogP contribution in [0.3, 0.4) is 0 Å². The Kier molecular flexibility index (Phi) is 3.76. The summed E-state index contributed by atoms with van der Waals surface area (Å²) < 4.78 is 9.82. The van der Waals surface area contributed by atoms with Crippen molar-refractivity contribution in [1.82, 2.24) is 9.36 Å². The smallest absolute Gasteiger partial charge is 0.202 e. The van der Waals surface area contributed by atoms with Crippen LogP contribution in [0, 0.1) is 11.8 Å². The lowest BCUT2D eigenvalue weighted by Gasteiger charge is -2.09. The van der Waals surface area contributed by atoms with Crippen molar-refractivity contribution in [3.8, 4) is 0 Å². The van der Waals surface area contributed by atoms with Crippen molar-refractivity contribution < 1.29 is 4.74 Å². The van der Waals surface area contributed by atoms with Crippen molar-refractivity contribution in [3.05, 3.63) is 5.82 Å². The van der Waals surface area contributed by atoms with Gasteiger partial charge in [-0.2, -0.15) is 4.37 Å². The highest BCUT2D eigenvalue weighted by atomic mass is 32.1. The summed E-state index contributed by atoms with van der Waals surface area (Å²) >= 11 is 1.43. The van der Waals surface area contributed by atoms with Gasteiger partial charge in [0.15, 0.2) is 5.82 Å². The molecule has 0 bridgehead atoms. The first-order valence-electron chi connectivity index (χ1n) is 5.81. The monoisotopic (exact) mass is 241 g/mol. The van der Waals surface area contributed by atoms with E-state index in [9.17, 15) is 0 Å². The third-order valence-electron chi connectivity index (χ3n) is 2.66. The molecule has 90 valence electrons. The van der Waals surface area contributed by atoms with Gasteiger partial charge >= 0.3 is 0 Å². The van der Waals surface area contributed by atoms with Crippen molar-refractivity contribution in [2.24, 2.45) is 11.8 Å². The number of nitrogens with zero attached hydrogens (tertiary/aromatic N) is 2. The molecule has 1 aliphatic carbocycles. The van der Waals surface area contributed by atoms with Crippen LogP contribution in [0.2, 0.25) is 0 Å². The third-order valence-corrected chi connectivity index (χ3v) is 3.35. The van der Waals surface area contributed by atoms with E-state index < -0.39 is 0 Å². The summed E-state index contributed by atoms with van der Waals surface area (Å²) in [6.45, 7) is 5.30. The molecule has 16 heavy (non-hydrogen) atoms. The first kappa shape index (κ1) is 11.8. The SMILES string of the molecule is COC(c1nsc(NCC(C)C)n1)C1CC1. The van der Waals surface area contributed by atoms with Gasteiger partial charge in [-0.05, 0) is 24.7 Å². The van der Waals surface area contributed by atoms with Crippen LogP contribution in [0.1, 0.15) is 38.6 Å². The van der Waals surface area contributed by atoms with Gasteiger partial charge in [-0.25, -0.2) is 4.98 Å². The number of aromatic nitrogens is 2. The Morgan fingerprint density at radius 1 is 1.50 bits per heavy atom. The molecule has 1 atom stereocenters. The largest absolute Gasteiger partial charge is 0.373 e. The minimum atomic E-state index is 0.103. The lowest BCUT2D eigenvalue weighted by molar-refractivity contribution is 0.0783. The Labute approximate surface area is 101 Å². The van der Waals surface area contributed by atoms with Gasteiger partial charge in [0.25, 0.3) is 0 Å². The zero-order valence-electron chi connectivity index (χ0n) is 10.1. The Morgan fingerprint density at radius 2 is 2.25 bits per heavy atom. The van der Waals surface area contributed by atoms with Crippen LogP contribution in [-0.2, 0) is 4.74 Å². The quantitative estimate of drug-likeness (QED) is 0.832. The topological polar surface area (TPSA) is 47.0 Å². The summed E-state index contributed by atoms with van der Waals surface area (Å²) in [5, 5.41) is 4.20. The lowest BCUT2D eigenvalue weighted by atomic mass is 10.2. The molecular formula is C11H19N3OS. The van der Waals surface area contributed by atoms with Gasteiger partial charge in [0.1, 0.15) is 6.10 Å². The van der Waals surface area contributed by atoms with Crippen LogP contribution in [0.5, 0.6) is 0 Å². The van der Waals surface area contributed by atoms with E-state index in [4.69, 9.17) is 4.74 Å². The van der Waals surface area contributed by atoms with Gasteiger partial charge in [-0.1, -0.05) is 13.8 Å². The highest BCUT2D eigenvalue weighted by Gasteiger charge is 2.35. The number of nitrogens with one attached hydrogen (secondary N) is 1. The number of hydrogen-bond acceptors (Lipinski definition) is 5. The van der Waals surface area contributed by atoms with Crippen molar-refractivity contribution >= 4 is 16.7 Å². The highest BCUT2D eigenvalue weighted by molar-refractivity contribution is 7.09. The standard InChI is InChI=1S/C11H19N3OS/c1-7(2)6-12-11-13-10(14-16-11)9(15-3)8-4-5-8/h7-9H,4-6H2,1-3H3,(H,12,13,14). The first-order valence-corrected chi connectivity index (χ1v) is 6.58. The summed E-state index contributed by atoms with van der Waals surface area (Å²) in [7, 11) is 1.74. The van der Waals surface area contributed by atoms with E-state index in [-0.39, 0.29) is 6.10 Å². The number of hydrogen-bond donors (Lipinski definition) is 1. The van der Waals surface area contributed by atoms with Gasteiger partial charge in [0, 0.05) is 25.2 Å². The summed E-state index contributed by atoms with van der Waals surface area (Å²) in [5.74, 6) is 2.10. The molecule has 1 N–H and O–H groups in total. The van der Waals surface area contributed by atoms with E-state index in [1.54, 1.807) is 7.11 Å². The maximum atomic E-state index is 5.45. The number of rotatable bonds is 6. The fourth-order valence-electron chi connectivity index (χ4n) is 1.62. The molecular weight excluding hydrogens is 222 g/mol. The molecule has 0 aliphatic heterocycles. The van der Waals surface area contributed by atoms with Gasteiger partial charge in [-0.15, -0.1) is 0 Å². The van der Waals surface area contributed by atoms with Crippen molar-refractivity contribution in [2.75, 3.05) is 19.0 Å². The highest BCUT2D eigenvalue weighted by Crippen LogP contribution is 2.42. The van der Waals surface area contributed by atoms with Crippen LogP contribution in [0.15, 0.2) is 0 Å². The Morgan fingerprint density at radius 3 is 2.81 bits per heavy atom. The maximum absolute atomic E-state index is 5.45. The van der Waals surface area contributed by atoms with E-state index in [2.05, 4.69) is 28.5 Å². The summed E-state index contributed by atoms with van der Waals surface area (Å²) in [6.07, 6.45) is 2.59. The zero-order valence-corrected chi connectivity index (χ0v) is 10.9. The summed E-state index contributed by atoms with van der Waals surface area (Å²) in [6, 6.07) is 0. The average Bonchev–Trinajstić information content (AvgIpc) is 2.96. The van der Waals surface area contributed by atoms with Crippen LogP contribution in [0.25, 0.3) is 0 Å². The average molecular weight is 241 g/mol. The molecule has 0 saturated heterocycles. The number of methoxy groups -OCH3 is 1. The zero-order chi connectivity index (χ0) is 11.5. The predicted octanol–water partition coefficient (Wildman–Crippen LogP) is 2.70. The second-order valence-electron chi connectivity index (χ2n) is 4.73. The Bertz CT molecular complexity index is 336. The van der Waals surface area contributed by atoms with Crippen molar-refractivity contribution in [1.29, 1.82) is 0 Å². The predicted molar refractivity (Wildman–Crippen MR) is 65.7 cm³/mol. The van der Waals surface area contributed by atoms with E-state index in [1.165, 1.54) is 24.4 Å². The second-order valence-corrected chi connectivity index (χ2v) is 5.48. The van der Waals surface area contributed by atoms with Gasteiger partial charge < -0.3 is 10.1 Å². The summed E-state index contributed by atoms with van der Waals surface area (Å²) in [5.41, 5.74) is 0. The van der Waals surface area contributed by atoms with E-state index in [1.807, 2.05) is 0 Å². The van der Waals surface area contributed by atoms with Crippen LogP contribution >= 0.6 is 11.5 Å². The minimum absolute atomic E-state index is 0.103. The van der Waals surface area contributed by atoms with E-state index in [0.717, 1.165) is 17.5 Å². The molecule has 1 heterocycles. The number of anilines is 1. The molecule has 4 nitrogen and oxygen atoms in total. The Hall–Kier alpha value is -0.680. The number of ether oxygens (including phenoxy) is 1. The van der Waals surface area contributed by atoms with Gasteiger partial charge in [-0.3, -0.25) is 0 Å². The second kappa shape index (κ2) is 5.10. The minimum Gasteiger partial charge on any atom is -0.373 e. The van der Waals surface area contributed by atoms with Crippen LogP contribution < -0.4 is 5.32 Å². The molecule has 5 heteroatoms. The summed E-state index contributed by atoms with van der Waals surface area (Å²) in [4.78, 5) is 4.49. The molecule has 0 amide bonds. The van der Waals surface area contributed by atoms with Crippen molar-refractivity contribution in [3.63, 3.8) is 0 Å². The Balaban J connectivity index is 1.95. The lowest BCUT2D eigenvalue weighted by Crippen LogP contribution is -2.09. The molecule has 0 aromatic carbocycles. The fraction of sp³-hybridized carbons (Fsp3) is 0.818. The molecule has 0 radical (unpaired) electrons. The van der Waals surface area contributed by atoms with Gasteiger partial charge in [0.05, 0.1) is 0 Å². The molecule has 1 fully saturated rings. The van der Waals surface area contributed by atoms with E-state index in [0.29, 0.717) is 11.8 Å².